The Balaban J connectivity index is 2.81. The van der Waals surface area contributed by atoms with E-state index < -0.39 is 17.4 Å². The minimum absolute atomic E-state index is 0.0911. The molecule has 5 nitrogen and oxygen atoms in total. The lowest BCUT2D eigenvalue weighted by Crippen LogP contribution is -2.16. The Morgan fingerprint density at radius 2 is 2.06 bits per heavy atom. The molecule has 0 atom stereocenters. The average molecular weight is 258 g/mol. The van der Waals surface area contributed by atoms with Crippen molar-refractivity contribution in [1.82, 2.24) is 9.97 Å². The maximum atomic E-state index is 12.5. The van der Waals surface area contributed by atoms with E-state index in [1.807, 2.05) is 0 Å². The highest BCUT2D eigenvalue weighted by Gasteiger charge is 2.32. The molecule has 0 aromatic carbocycles. The third-order valence-electron chi connectivity index (χ3n) is 2.45. The molecule has 0 aliphatic rings. The van der Waals surface area contributed by atoms with Crippen molar-refractivity contribution in [3.63, 3.8) is 0 Å². The predicted octanol–water partition coefficient (Wildman–Crippen LogP) is 1.57. The van der Waals surface area contributed by atoms with Crippen molar-refractivity contribution in [3.8, 4) is 0 Å². The van der Waals surface area contributed by atoms with Crippen LogP contribution >= 0.6 is 0 Å². The normalized spacial score (nSPS) is 11.8. The van der Waals surface area contributed by atoms with Gasteiger partial charge in [0.05, 0.1) is 5.69 Å². The first-order valence-electron chi connectivity index (χ1n) is 4.92. The molecular formula is C10H9F3N4O. The van der Waals surface area contributed by atoms with E-state index in [1.165, 1.54) is 13.1 Å². The molecule has 0 unspecified atom stereocenters. The first kappa shape index (κ1) is 12.2. The molecule has 2 aromatic rings. The molecule has 2 aromatic heterocycles. The standard InChI is InChI=1S/C10H9F3N4O/c1-15-7-4-2-3-5(10(11,12)13)16-8(4)17-9(18)6(7)14/h2-3H,14H2,1H3,(H2,15,16,17,18). The first-order valence-corrected chi connectivity index (χ1v) is 4.92. The molecule has 2 rings (SSSR count). The minimum Gasteiger partial charge on any atom is -0.393 e. The zero-order chi connectivity index (χ0) is 13.5. The molecule has 18 heavy (non-hydrogen) atoms. The van der Waals surface area contributed by atoms with Crippen LogP contribution < -0.4 is 16.6 Å². The molecule has 0 fully saturated rings. The van der Waals surface area contributed by atoms with Crippen molar-refractivity contribution >= 4 is 22.4 Å². The van der Waals surface area contributed by atoms with Crippen LogP contribution in [0.5, 0.6) is 0 Å². The minimum atomic E-state index is -4.56. The number of rotatable bonds is 1. The quantitative estimate of drug-likeness (QED) is 0.724. The number of nitrogens with one attached hydrogen (secondary N) is 2. The van der Waals surface area contributed by atoms with Crippen molar-refractivity contribution < 1.29 is 13.2 Å². The highest BCUT2D eigenvalue weighted by molar-refractivity contribution is 5.94. The average Bonchev–Trinajstić information content (AvgIpc) is 2.29. The van der Waals surface area contributed by atoms with E-state index in [4.69, 9.17) is 5.73 Å². The van der Waals surface area contributed by atoms with Gasteiger partial charge in [0, 0.05) is 12.4 Å². The van der Waals surface area contributed by atoms with Gasteiger partial charge in [-0.1, -0.05) is 0 Å². The van der Waals surface area contributed by atoms with Gasteiger partial charge >= 0.3 is 6.18 Å². The summed E-state index contributed by atoms with van der Waals surface area (Å²) in [6, 6.07) is 2.05. The molecule has 0 spiro atoms. The van der Waals surface area contributed by atoms with Crippen LogP contribution in [0.3, 0.4) is 0 Å². The fourth-order valence-corrected chi connectivity index (χ4v) is 1.62. The number of hydrogen-bond acceptors (Lipinski definition) is 4. The van der Waals surface area contributed by atoms with E-state index in [-0.39, 0.29) is 17.0 Å². The molecule has 0 aliphatic heterocycles. The summed E-state index contributed by atoms with van der Waals surface area (Å²) < 4.78 is 37.4. The van der Waals surface area contributed by atoms with Gasteiger partial charge in [-0.2, -0.15) is 13.2 Å². The van der Waals surface area contributed by atoms with Crippen molar-refractivity contribution in [2.75, 3.05) is 18.1 Å². The summed E-state index contributed by atoms with van der Waals surface area (Å²) in [7, 11) is 1.52. The summed E-state index contributed by atoms with van der Waals surface area (Å²) in [5, 5.41) is 2.99. The van der Waals surface area contributed by atoms with Crippen molar-refractivity contribution in [3.05, 3.63) is 28.2 Å². The number of alkyl halides is 3. The molecule has 0 radical (unpaired) electrons. The van der Waals surface area contributed by atoms with Crippen LogP contribution in [0.15, 0.2) is 16.9 Å². The lowest BCUT2D eigenvalue weighted by Gasteiger charge is -2.10. The zero-order valence-corrected chi connectivity index (χ0v) is 9.22. The Bertz CT molecular complexity index is 662. The topological polar surface area (TPSA) is 83.8 Å². The second kappa shape index (κ2) is 3.90. The molecule has 4 N–H and O–H groups in total. The van der Waals surface area contributed by atoms with Gasteiger partial charge in [-0.25, -0.2) is 4.98 Å². The van der Waals surface area contributed by atoms with Crippen LogP contribution in [-0.2, 0) is 6.18 Å². The monoisotopic (exact) mass is 258 g/mol. The highest BCUT2D eigenvalue weighted by atomic mass is 19.4. The van der Waals surface area contributed by atoms with Gasteiger partial charge in [0.1, 0.15) is 17.0 Å². The second-order valence-corrected chi connectivity index (χ2v) is 3.58. The Labute approximate surface area is 98.8 Å². The van der Waals surface area contributed by atoms with Crippen molar-refractivity contribution in [1.29, 1.82) is 0 Å². The Kier molecular flexibility index (Phi) is 2.64. The molecule has 0 saturated carbocycles. The summed E-state index contributed by atoms with van der Waals surface area (Å²) in [4.78, 5) is 17.0. The second-order valence-electron chi connectivity index (χ2n) is 3.58. The number of hydrogen-bond donors (Lipinski definition) is 3. The largest absolute Gasteiger partial charge is 0.433 e. The van der Waals surface area contributed by atoms with E-state index in [1.54, 1.807) is 0 Å². The maximum Gasteiger partial charge on any atom is 0.433 e. The van der Waals surface area contributed by atoms with E-state index in [0.29, 0.717) is 5.39 Å². The summed E-state index contributed by atoms with van der Waals surface area (Å²) >= 11 is 0. The lowest BCUT2D eigenvalue weighted by atomic mass is 10.2. The van der Waals surface area contributed by atoms with Crippen LogP contribution in [0, 0.1) is 0 Å². The third-order valence-corrected chi connectivity index (χ3v) is 2.45. The number of H-pyrrole nitrogens is 1. The molecule has 0 aliphatic carbocycles. The Morgan fingerprint density at radius 1 is 1.39 bits per heavy atom. The third kappa shape index (κ3) is 1.85. The Morgan fingerprint density at radius 3 is 2.61 bits per heavy atom. The molecule has 0 bridgehead atoms. The molecule has 2 heterocycles. The fraction of sp³-hybridized carbons (Fsp3) is 0.200. The van der Waals surface area contributed by atoms with Gasteiger partial charge in [0.25, 0.3) is 5.56 Å². The van der Waals surface area contributed by atoms with Gasteiger partial charge in [0.2, 0.25) is 0 Å². The van der Waals surface area contributed by atoms with Crippen LogP contribution in [0.1, 0.15) is 5.69 Å². The predicted molar refractivity (Wildman–Crippen MR) is 61.3 cm³/mol. The molecule has 8 heteroatoms. The van der Waals surface area contributed by atoms with Gasteiger partial charge in [-0.05, 0) is 12.1 Å². The summed E-state index contributed by atoms with van der Waals surface area (Å²) in [6.45, 7) is 0. The number of aromatic amines is 1. The number of nitrogens with zero attached hydrogens (tertiary/aromatic N) is 1. The molecular weight excluding hydrogens is 249 g/mol. The molecule has 0 saturated heterocycles. The number of aromatic nitrogens is 2. The van der Waals surface area contributed by atoms with Crippen LogP contribution in [-0.4, -0.2) is 17.0 Å². The molecule has 96 valence electrons. The van der Waals surface area contributed by atoms with Gasteiger partial charge < -0.3 is 16.0 Å². The van der Waals surface area contributed by atoms with Gasteiger partial charge in [0.15, 0.2) is 0 Å². The summed E-state index contributed by atoms with van der Waals surface area (Å²) in [6.07, 6.45) is -4.56. The van der Waals surface area contributed by atoms with Crippen LogP contribution in [0.25, 0.3) is 11.0 Å². The first-order chi connectivity index (χ1) is 8.34. The zero-order valence-electron chi connectivity index (χ0n) is 9.22. The molecule has 0 amide bonds. The number of nitrogens with two attached hydrogens (primary N) is 1. The van der Waals surface area contributed by atoms with Gasteiger partial charge in [-0.15, -0.1) is 0 Å². The van der Waals surface area contributed by atoms with E-state index in [0.717, 1.165) is 6.07 Å². The number of fused-ring (bicyclic) bond motifs is 1. The number of halogens is 3. The summed E-state index contributed by atoms with van der Waals surface area (Å²) in [5.74, 6) is 0. The summed E-state index contributed by atoms with van der Waals surface area (Å²) in [5.41, 5.74) is 3.78. The SMILES string of the molecule is CNc1c(N)c(=O)[nH]c2nc(C(F)(F)F)ccc12. The van der Waals surface area contributed by atoms with Crippen molar-refractivity contribution in [2.24, 2.45) is 0 Å². The Hall–Kier alpha value is -2.25. The van der Waals surface area contributed by atoms with Crippen molar-refractivity contribution in [2.45, 2.75) is 6.18 Å². The van der Waals surface area contributed by atoms with E-state index >= 15 is 0 Å². The van der Waals surface area contributed by atoms with Crippen LogP contribution in [0.4, 0.5) is 24.5 Å². The highest BCUT2D eigenvalue weighted by Crippen LogP contribution is 2.30. The van der Waals surface area contributed by atoms with E-state index in [9.17, 15) is 18.0 Å². The van der Waals surface area contributed by atoms with E-state index in [2.05, 4.69) is 15.3 Å². The smallest absolute Gasteiger partial charge is 0.393 e. The fourth-order valence-electron chi connectivity index (χ4n) is 1.62. The lowest BCUT2D eigenvalue weighted by molar-refractivity contribution is -0.141. The number of pyridine rings is 2. The number of anilines is 2. The maximum absolute atomic E-state index is 12.5. The van der Waals surface area contributed by atoms with Crippen LogP contribution in [0.2, 0.25) is 0 Å². The number of nitrogen functional groups attached to an aromatic ring is 1. The van der Waals surface area contributed by atoms with Gasteiger partial charge in [-0.3, -0.25) is 4.79 Å².